The Morgan fingerprint density at radius 3 is 2.69 bits per heavy atom. The molecule has 4 nitrogen and oxygen atoms in total. The monoisotopic (exact) mass is 287 g/mol. The Balaban J connectivity index is 2.34. The van der Waals surface area contributed by atoms with Gasteiger partial charge in [-0.05, 0) is 24.3 Å². The van der Waals surface area contributed by atoms with Crippen LogP contribution in [0.4, 0.5) is 5.69 Å². The summed E-state index contributed by atoms with van der Waals surface area (Å²) in [6.07, 6.45) is -0.740. The molecule has 1 aromatic carbocycles. The van der Waals surface area contributed by atoms with Crippen LogP contribution in [0.25, 0.3) is 0 Å². The van der Waals surface area contributed by atoms with E-state index in [4.69, 9.17) is 0 Å². The highest BCUT2D eigenvalue weighted by molar-refractivity contribution is 9.10. The summed E-state index contributed by atoms with van der Waals surface area (Å²) in [6.45, 7) is 0.316. The van der Waals surface area contributed by atoms with Gasteiger partial charge in [-0.2, -0.15) is 0 Å². The number of rotatable bonds is 5. The van der Waals surface area contributed by atoms with Crippen LogP contribution in [-0.2, 0) is 9.53 Å². The molecule has 0 saturated carbocycles. The summed E-state index contributed by atoms with van der Waals surface area (Å²) in [5.41, 5.74) is 0.895. The first kappa shape index (κ1) is 13.0. The molecule has 0 aliphatic carbocycles. The van der Waals surface area contributed by atoms with Crippen molar-refractivity contribution in [2.75, 3.05) is 19.0 Å². The lowest BCUT2D eigenvalue weighted by atomic mass is 10.2. The molecule has 1 atom stereocenters. The number of nitrogens with one attached hydrogen (secondary N) is 1. The normalized spacial score (nSPS) is 11.9. The highest BCUT2D eigenvalue weighted by atomic mass is 79.9. The summed E-state index contributed by atoms with van der Waals surface area (Å²) in [6, 6.07) is 7.56. The van der Waals surface area contributed by atoms with Crippen molar-refractivity contribution in [2.45, 2.75) is 12.5 Å². The van der Waals surface area contributed by atoms with Crippen LogP contribution >= 0.6 is 15.9 Å². The van der Waals surface area contributed by atoms with Gasteiger partial charge in [0.1, 0.15) is 0 Å². The van der Waals surface area contributed by atoms with E-state index in [0.29, 0.717) is 6.54 Å². The van der Waals surface area contributed by atoms with E-state index in [1.165, 1.54) is 7.11 Å². The molecule has 0 amide bonds. The molecule has 1 aromatic rings. The van der Waals surface area contributed by atoms with E-state index in [0.717, 1.165) is 10.2 Å². The van der Waals surface area contributed by atoms with Crippen LogP contribution in [0.15, 0.2) is 28.7 Å². The molecule has 88 valence electrons. The zero-order valence-corrected chi connectivity index (χ0v) is 10.5. The van der Waals surface area contributed by atoms with E-state index in [1.54, 1.807) is 0 Å². The molecular formula is C11H14BrNO3. The number of carbonyl (C=O) groups excluding carboxylic acids is 1. The fraction of sp³-hybridized carbons (Fsp3) is 0.364. The molecule has 5 heteroatoms. The lowest BCUT2D eigenvalue weighted by Crippen LogP contribution is -2.23. The summed E-state index contributed by atoms with van der Waals surface area (Å²) in [7, 11) is 1.30. The molecule has 16 heavy (non-hydrogen) atoms. The third-order valence-electron chi connectivity index (χ3n) is 2.02. The van der Waals surface area contributed by atoms with Gasteiger partial charge in [0.05, 0.1) is 19.6 Å². The molecule has 0 fully saturated rings. The molecule has 0 saturated heterocycles. The van der Waals surface area contributed by atoms with E-state index in [2.05, 4.69) is 26.0 Å². The van der Waals surface area contributed by atoms with Crippen LogP contribution in [0, 0.1) is 0 Å². The first-order valence-corrected chi connectivity index (χ1v) is 5.65. The highest BCUT2D eigenvalue weighted by Gasteiger charge is 2.10. The number of aliphatic hydroxyl groups excluding tert-OH is 1. The molecule has 0 bridgehead atoms. The molecule has 0 spiro atoms. The van der Waals surface area contributed by atoms with Crippen molar-refractivity contribution in [3.05, 3.63) is 28.7 Å². The number of methoxy groups -OCH3 is 1. The molecular weight excluding hydrogens is 274 g/mol. The number of benzene rings is 1. The largest absolute Gasteiger partial charge is 0.469 e. The second kappa shape index (κ2) is 6.50. The first-order valence-electron chi connectivity index (χ1n) is 4.86. The minimum atomic E-state index is -0.740. The number of aliphatic hydroxyl groups is 1. The second-order valence-corrected chi connectivity index (χ2v) is 4.24. The molecule has 1 unspecified atom stereocenters. The Kier molecular flexibility index (Phi) is 5.28. The zero-order valence-electron chi connectivity index (χ0n) is 8.94. The van der Waals surface area contributed by atoms with E-state index < -0.39 is 12.1 Å². The van der Waals surface area contributed by atoms with Crippen LogP contribution < -0.4 is 5.32 Å². The third kappa shape index (κ3) is 4.63. The predicted molar refractivity (Wildman–Crippen MR) is 65.3 cm³/mol. The van der Waals surface area contributed by atoms with Crippen molar-refractivity contribution in [3.63, 3.8) is 0 Å². The van der Waals surface area contributed by atoms with Crippen molar-refractivity contribution in [2.24, 2.45) is 0 Å². The van der Waals surface area contributed by atoms with Gasteiger partial charge in [0.2, 0.25) is 0 Å². The van der Waals surface area contributed by atoms with Gasteiger partial charge in [0.15, 0.2) is 0 Å². The van der Waals surface area contributed by atoms with Gasteiger partial charge < -0.3 is 15.2 Å². The number of halogens is 1. The van der Waals surface area contributed by atoms with Gasteiger partial charge >= 0.3 is 5.97 Å². The Bertz CT molecular complexity index is 340. The standard InChI is InChI=1S/C11H14BrNO3/c1-16-11(15)6-10(14)7-13-9-4-2-8(12)3-5-9/h2-5,10,13-14H,6-7H2,1H3. The molecule has 0 aliphatic rings. The topological polar surface area (TPSA) is 58.6 Å². The second-order valence-electron chi connectivity index (χ2n) is 3.32. The number of carbonyl (C=O) groups is 1. The van der Waals surface area contributed by atoms with Gasteiger partial charge in [-0.3, -0.25) is 4.79 Å². The van der Waals surface area contributed by atoms with Crippen molar-refractivity contribution < 1.29 is 14.6 Å². The molecule has 0 aromatic heterocycles. The highest BCUT2D eigenvalue weighted by Crippen LogP contribution is 2.14. The Hall–Kier alpha value is -1.07. The van der Waals surface area contributed by atoms with Crippen molar-refractivity contribution >= 4 is 27.6 Å². The fourth-order valence-electron chi connectivity index (χ4n) is 1.15. The number of esters is 1. The van der Waals surface area contributed by atoms with Crippen LogP contribution in [-0.4, -0.2) is 30.8 Å². The quantitative estimate of drug-likeness (QED) is 0.811. The number of hydrogen-bond acceptors (Lipinski definition) is 4. The van der Waals surface area contributed by atoms with Crippen molar-refractivity contribution in [1.29, 1.82) is 0 Å². The van der Waals surface area contributed by atoms with E-state index in [9.17, 15) is 9.90 Å². The van der Waals surface area contributed by atoms with Crippen LogP contribution in [0.5, 0.6) is 0 Å². The Morgan fingerprint density at radius 2 is 2.12 bits per heavy atom. The summed E-state index contributed by atoms with van der Waals surface area (Å²) >= 11 is 3.33. The van der Waals surface area contributed by atoms with Gasteiger partial charge in [-0.1, -0.05) is 15.9 Å². The van der Waals surface area contributed by atoms with Gasteiger partial charge in [-0.15, -0.1) is 0 Å². The van der Waals surface area contributed by atoms with Crippen LogP contribution in [0.3, 0.4) is 0 Å². The van der Waals surface area contributed by atoms with Gasteiger partial charge in [0, 0.05) is 16.7 Å². The lowest BCUT2D eigenvalue weighted by Gasteiger charge is -2.11. The number of ether oxygens (including phenoxy) is 1. The molecule has 1 rings (SSSR count). The molecule has 0 aliphatic heterocycles. The summed E-state index contributed by atoms with van der Waals surface area (Å²) in [5, 5.41) is 12.5. The van der Waals surface area contributed by atoms with Gasteiger partial charge in [0.25, 0.3) is 0 Å². The minimum absolute atomic E-state index is 0.0000278. The van der Waals surface area contributed by atoms with E-state index >= 15 is 0 Å². The van der Waals surface area contributed by atoms with E-state index in [-0.39, 0.29) is 6.42 Å². The number of anilines is 1. The molecule has 0 heterocycles. The summed E-state index contributed by atoms with van der Waals surface area (Å²) in [4.78, 5) is 10.9. The van der Waals surface area contributed by atoms with E-state index in [1.807, 2.05) is 24.3 Å². The van der Waals surface area contributed by atoms with Crippen LogP contribution in [0.1, 0.15) is 6.42 Å². The zero-order chi connectivity index (χ0) is 12.0. The predicted octanol–water partition coefficient (Wildman–Crippen LogP) is 1.78. The maximum absolute atomic E-state index is 10.9. The first-order chi connectivity index (χ1) is 7.61. The smallest absolute Gasteiger partial charge is 0.308 e. The lowest BCUT2D eigenvalue weighted by molar-refractivity contribution is -0.142. The van der Waals surface area contributed by atoms with Gasteiger partial charge in [-0.25, -0.2) is 0 Å². The molecule has 2 N–H and O–H groups in total. The SMILES string of the molecule is COC(=O)CC(O)CNc1ccc(Br)cc1. The summed E-state index contributed by atoms with van der Waals surface area (Å²) in [5.74, 6) is -0.412. The van der Waals surface area contributed by atoms with Crippen molar-refractivity contribution in [1.82, 2.24) is 0 Å². The number of hydrogen-bond donors (Lipinski definition) is 2. The Labute approximate surface area is 103 Å². The van der Waals surface area contributed by atoms with Crippen LogP contribution in [0.2, 0.25) is 0 Å². The average Bonchev–Trinajstić information content (AvgIpc) is 2.28. The van der Waals surface area contributed by atoms with Crippen molar-refractivity contribution in [3.8, 4) is 0 Å². The molecule has 0 radical (unpaired) electrons. The maximum atomic E-state index is 10.9. The summed E-state index contributed by atoms with van der Waals surface area (Å²) < 4.78 is 5.45. The average molecular weight is 288 g/mol. The third-order valence-corrected chi connectivity index (χ3v) is 2.54. The Morgan fingerprint density at radius 1 is 1.50 bits per heavy atom. The fourth-order valence-corrected chi connectivity index (χ4v) is 1.42. The minimum Gasteiger partial charge on any atom is -0.469 e. The maximum Gasteiger partial charge on any atom is 0.308 e.